The van der Waals surface area contributed by atoms with Gasteiger partial charge in [0.2, 0.25) is 11.9 Å². The molecule has 0 amide bonds. The Balaban J connectivity index is 2.29. The van der Waals surface area contributed by atoms with Crippen LogP contribution in [-0.4, -0.2) is 40.3 Å². The van der Waals surface area contributed by atoms with Gasteiger partial charge in [0.15, 0.2) is 0 Å². The average molecular weight is 292 g/mol. The molecule has 1 saturated carbocycles. The van der Waals surface area contributed by atoms with Crippen molar-refractivity contribution < 1.29 is 17.9 Å². The van der Waals surface area contributed by atoms with Gasteiger partial charge >= 0.3 is 12.2 Å². The van der Waals surface area contributed by atoms with Gasteiger partial charge in [0.1, 0.15) is 6.54 Å². The molecule has 0 unspecified atom stereocenters. The normalized spacial score (nSPS) is 15.1. The number of nitrogens with one attached hydrogen (secondary N) is 1. The minimum atomic E-state index is -4.34. The Hall–Kier alpha value is -1.84. The van der Waals surface area contributed by atoms with Crippen LogP contribution in [0.15, 0.2) is 0 Å². The summed E-state index contributed by atoms with van der Waals surface area (Å²) in [4.78, 5) is 12.7. The first-order valence-electron chi connectivity index (χ1n) is 6.12. The Labute approximate surface area is 113 Å². The fourth-order valence-corrected chi connectivity index (χ4v) is 1.67. The zero-order valence-electron chi connectivity index (χ0n) is 10.8. The number of nitrogen functional groups attached to an aromatic ring is 1. The Morgan fingerprint density at radius 2 is 2.05 bits per heavy atom. The fourth-order valence-electron chi connectivity index (χ4n) is 1.67. The third-order valence-electron chi connectivity index (χ3n) is 2.60. The van der Waals surface area contributed by atoms with Gasteiger partial charge in [0.25, 0.3) is 0 Å². The molecule has 1 heterocycles. The van der Waals surface area contributed by atoms with Crippen molar-refractivity contribution in [3.05, 3.63) is 0 Å². The highest BCUT2D eigenvalue weighted by Crippen LogP contribution is 2.33. The van der Waals surface area contributed by atoms with Crippen LogP contribution in [0.3, 0.4) is 0 Å². The third kappa shape index (κ3) is 3.83. The van der Waals surface area contributed by atoms with Gasteiger partial charge in [-0.3, -0.25) is 5.43 Å². The fraction of sp³-hybridized carbons (Fsp3) is 0.700. The number of halogens is 3. The molecule has 0 spiro atoms. The number of ether oxygens (including phenoxy) is 1. The van der Waals surface area contributed by atoms with E-state index >= 15 is 0 Å². The van der Waals surface area contributed by atoms with Gasteiger partial charge in [-0.25, -0.2) is 5.84 Å². The van der Waals surface area contributed by atoms with Gasteiger partial charge in [0.05, 0.1) is 6.61 Å². The molecule has 1 aliphatic carbocycles. The molecule has 1 aromatic rings. The standard InChI is InChI=1S/C10H15F3N6O/c1-2-20-9-16-7(18-14)15-8(17-9)19(6-3-4-6)5-10(11,12)13/h6H,2-5,14H2,1H3,(H,15,16,17,18). The molecule has 0 bridgehead atoms. The molecule has 0 aliphatic heterocycles. The summed E-state index contributed by atoms with van der Waals surface area (Å²) in [6, 6.07) is -0.266. The van der Waals surface area contributed by atoms with Gasteiger partial charge in [-0.1, -0.05) is 0 Å². The minimum absolute atomic E-state index is 0.0359. The lowest BCUT2D eigenvalue weighted by Crippen LogP contribution is -2.37. The van der Waals surface area contributed by atoms with Crippen molar-refractivity contribution >= 4 is 11.9 Å². The van der Waals surface area contributed by atoms with Crippen molar-refractivity contribution in [2.75, 3.05) is 23.5 Å². The van der Waals surface area contributed by atoms with E-state index in [4.69, 9.17) is 10.6 Å². The van der Waals surface area contributed by atoms with Gasteiger partial charge in [-0.05, 0) is 19.8 Å². The molecule has 7 nitrogen and oxygen atoms in total. The monoisotopic (exact) mass is 292 g/mol. The first kappa shape index (κ1) is 14.6. The van der Waals surface area contributed by atoms with Crippen LogP contribution in [0, 0.1) is 0 Å². The molecule has 20 heavy (non-hydrogen) atoms. The SMILES string of the molecule is CCOc1nc(NN)nc(N(CC(F)(F)F)C2CC2)n1. The van der Waals surface area contributed by atoms with Crippen LogP contribution in [-0.2, 0) is 0 Å². The molecule has 112 valence electrons. The van der Waals surface area contributed by atoms with Crippen LogP contribution >= 0.6 is 0 Å². The Morgan fingerprint density at radius 1 is 1.35 bits per heavy atom. The van der Waals surface area contributed by atoms with Crippen LogP contribution in [0.1, 0.15) is 19.8 Å². The molecular weight excluding hydrogens is 277 g/mol. The van der Waals surface area contributed by atoms with E-state index in [9.17, 15) is 13.2 Å². The molecule has 0 saturated heterocycles. The second-order valence-corrected chi connectivity index (χ2v) is 4.29. The summed E-state index contributed by atoms with van der Waals surface area (Å²) < 4.78 is 43.0. The second-order valence-electron chi connectivity index (χ2n) is 4.29. The Bertz CT molecular complexity index is 465. The third-order valence-corrected chi connectivity index (χ3v) is 2.60. The summed E-state index contributed by atoms with van der Waals surface area (Å²) in [5.74, 6) is 5.08. The average Bonchev–Trinajstić information content (AvgIpc) is 3.19. The van der Waals surface area contributed by atoms with Crippen molar-refractivity contribution in [1.29, 1.82) is 0 Å². The van der Waals surface area contributed by atoms with Gasteiger partial charge in [-0.15, -0.1) is 0 Å². The highest BCUT2D eigenvalue weighted by atomic mass is 19.4. The molecule has 3 N–H and O–H groups in total. The lowest BCUT2D eigenvalue weighted by atomic mass is 10.5. The predicted octanol–water partition coefficient (Wildman–Crippen LogP) is 1.09. The summed E-state index contributed by atoms with van der Waals surface area (Å²) in [7, 11) is 0. The van der Waals surface area contributed by atoms with Gasteiger partial charge in [0, 0.05) is 6.04 Å². The number of hydrazine groups is 1. The number of hydrogen-bond acceptors (Lipinski definition) is 7. The van der Waals surface area contributed by atoms with Crippen molar-refractivity contribution in [1.82, 2.24) is 15.0 Å². The molecule has 0 atom stereocenters. The van der Waals surface area contributed by atoms with Gasteiger partial charge in [-0.2, -0.15) is 28.1 Å². The van der Waals surface area contributed by atoms with E-state index in [0.717, 1.165) is 4.90 Å². The number of aromatic nitrogens is 3. The maximum absolute atomic E-state index is 12.6. The van der Waals surface area contributed by atoms with E-state index in [0.29, 0.717) is 12.8 Å². The van der Waals surface area contributed by atoms with Crippen LogP contribution in [0.2, 0.25) is 0 Å². The maximum Gasteiger partial charge on any atom is 0.406 e. The first-order chi connectivity index (χ1) is 9.43. The maximum atomic E-state index is 12.6. The molecule has 0 aromatic carbocycles. The number of rotatable bonds is 6. The molecule has 2 rings (SSSR count). The van der Waals surface area contributed by atoms with Crippen LogP contribution in [0.25, 0.3) is 0 Å². The van der Waals surface area contributed by atoms with E-state index in [1.807, 2.05) is 0 Å². The van der Waals surface area contributed by atoms with E-state index in [2.05, 4.69) is 20.4 Å². The molecule has 1 aliphatic rings. The van der Waals surface area contributed by atoms with Crippen molar-refractivity contribution in [3.63, 3.8) is 0 Å². The molecule has 1 aromatic heterocycles. The van der Waals surface area contributed by atoms with Gasteiger partial charge < -0.3 is 9.64 Å². The number of nitrogens with two attached hydrogens (primary N) is 1. The second kappa shape index (κ2) is 5.65. The summed E-state index contributed by atoms with van der Waals surface area (Å²) in [6.45, 7) is 0.890. The first-order valence-corrected chi connectivity index (χ1v) is 6.12. The van der Waals surface area contributed by atoms with E-state index in [1.165, 1.54) is 0 Å². The Kier molecular flexibility index (Phi) is 4.12. The molecule has 10 heteroatoms. The van der Waals surface area contributed by atoms with Crippen molar-refractivity contribution in [2.24, 2.45) is 5.84 Å². The van der Waals surface area contributed by atoms with E-state index in [-0.39, 0.29) is 30.6 Å². The van der Waals surface area contributed by atoms with Crippen LogP contribution in [0.5, 0.6) is 6.01 Å². The predicted molar refractivity (Wildman–Crippen MR) is 65.2 cm³/mol. The summed E-state index contributed by atoms with van der Waals surface area (Å²) in [5, 5.41) is 0. The quantitative estimate of drug-likeness (QED) is 0.599. The summed E-state index contributed by atoms with van der Waals surface area (Å²) in [6.07, 6.45) is -2.98. The lowest BCUT2D eigenvalue weighted by molar-refractivity contribution is -0.120. The molecular formula is C10H15F3N6O. The summed E-state index contributed by atoms with van der Waals surface area (Å²) in [5.41, 5.74) is 2.19. The molecule has 0 radical (unpaired) electrons. The number of alkyl halides is 3. The zero-order valence-corrected chi connectivity index (χ0v) is 10.8. The van der Waals surface area contributed by atoms with Crippen molar-refractivity contribution in [3.8, 4) is 6.01 Å². The van der Waals surface area contributed by atoms with Crippen molar-refractivity contribution in [2.45, 2.75) is 32.0 Å². The largest absolute Gasteiger partial charge is 0.464 e. The van der Waals surface area contributed by atoms with Crippen LogP contribution < -0.4 is 20.9 Å². The Morgan fingerprint density at radius 3 is 2.55 bits per heavy atom. The highest BCUT2D eigenvalue weighted by molar-refractivity contribution is 5.40. The minimum Gasteiger partial charge on any atom is -0.464 e. The number of nitrogens with zero attached hydrogens (tertiary/aromatic N) is 4. The number of hydrogen-bond donors (Lipinski definition) is 2. The van der Waals surface area contributed by atoms with E-state index < -0.39 is 12.7 Å². The lowest BCUT2D eigenvalue weighted by Gasteiger charge is -2.23. The zero-order chi connectivity index (χ0) is 14.8. The summed E-state index contributed by atoms with van der Waals surface area (Å²) >= 11 is 0. The van der Waals surface area contributed by atoms with Crippen LogP contribution in [0.4, 0.5) is 25.1 Å². The molecule has 1 fully saturated rings. The van der Waals surface area contributed by atoms with E-state index in [1.54, 1.807) is 6.92 Å². The number of anilines is 2. The smallest absolute Gasteiger partial charge is 0.406 e. The topological polar surface area (TPSA) is 89.2 Å². The highest BCUT2D eigenvalue weighted by Gasteiger charge is 2.39.